The van der Waals surface area contributed by atoms with E-state index in [1.807, 2.05) is 0 Å². The van der Waals surface area contributed by atoms with E-state index in [4.69, 9.17) is 14.2 Å². The van der Waals surface area contributed by atoms with Gasteiger partial charge < -0.3 is 14.2 Å². The highest BCUT2D eigenvalue weighted by Gasteiger charge is 2.19. The summed E-state index contributed by atoms with van der Waals surface area (Å²) in [4.78, 5) is 38.3. The average molecular weight is 1110 g/mol. The quantitative estimate of drug-likeness (QED) is 0.0261. The van der Waals surface area contributed by atoms with Crippen molar-refractivity contribution in [1.82, 2.24) is 0 Å². The van der Waals surface area contributed by atoms with Gasteiger partial charge >= 0.3 is 17.9 Å². The Morgan fingerprint density at radius 1 is 0.253 bits per heavy atom. The molecule has 0 saturated heterocycles. The van der Waals surface area contributed by atoms with Gasteiger partial charge in [0.2, 0.25) is 0 Å². The molecule has 6 heteroatoms. The minimum atomic E-state index is -0.770. The van der Waals surface area contributed by atoms with Crippen LogP contribution in [0.3, 0.4) is 0 Å². The standard InChI is InChI=1S/C73H138O6/c1-4-7-10-13-16-19-22-24-26-28-30-32-33-34-35-36-37-38-39-40-42-43-45-47-49-51-54-57-60-63-66-72(75)78-69-70(68-77-71(74)65-62-59-56-53-21-18-15-12-9-6-3)79-73(76)67-64-61-58-55-52-50-48-46-44-41-31-29-27-25-23-20-17-14-11-8-5-2/h23,25,29,31,70H,4-22,24,26-28,30,32-69H2,1-3H3/b25-23-,31-29-. The molecule has 0 aromatic carbocycles. The van der Waals surface area contributed by atoms with Gasteiger partial charge in [-0.05, 0) is 51.4 Å². The van der Waals surface area contributed by atoms with Crippen LogP contribution in [0.15, 0.2) is 24.3 Å². The molecule has 0 aliphatic rings. The van der Waals surface area contributed by atoms with E-state index in [-0.39, 0.29) is 31.1 Å². The molecule has 0 heterocycles. The first kappa shape index (κ1) is 76.9. The van der Waals surface area contributed by atoms with Crippen molar-refractivity contribution in [2.75, 3.05) is 13.2 Å². The third-order valence-corrected chi connectivity index (χ3v) is 16.5. The first-order valence-corrected chi connectivity index (χ1v) is 35.8. The first-order valence-electron chi connectivity index (χ1n) is 35.8. The number of allylic oxidation sites excluding steroid dienone is 4. The number of carbonyl (C=O) groups excluding carboxylic acids is 3. The molecule has 0 fully saturated rings. The van der Waals surface area contributed by atoms with Crippen molar-refractivity contribution in [1.29, 1.82) is 0 Å². The lowest BCUT2D eigenvalue weighted by atomic mass is 10.0. The van der Waals surface area contributed by atoms with Crippen molar-refractivity contribution in [2.45, 2.75) is 412 Å². The first-order chi connectivity index (χ1) is 39.0. The SMILES string of the molecule is CCCCCCC/C=C\C/C=C\CCCCCCCCCCCC(=O)OC(COC(=O)CCCCCCCCCCCC)COC(=O)CCCCCCCCCCCCCCCCCCCCCCCCCCCCCCCC. The van der Waals surface area contributed by atoms with Crippen LogP contribution < -0.4 is 0 Å². The van der Waals surface area contributed by atoms with Crippen LogP contribution >= 0.6 is 0 Å². The fourth-order valence-electron chi connectivity index (χ4n) is 11.1. The van der Waals surface area contributed by atoms with Crippen LogP contribution in [0.4, 0.5) is 0 Å². The monoisotopic (exact) mass is 1110 g/mol. The molecule has 0 aromatic rings. The Bertz CT molecular complexity index is 1270. The lowest BCUT2D eigenvalue weighted by Gasteiger charge is -2.18. The van der Waals surface area contributed by atoms with Gasteiger partial charge in [0.15, 0.2) is 6.10 Å². The highest BCUT2D eigenvalue weighted by molar-refractivity contribution is 5.71. The molecule has 0 radical (unpaired) electrons. The summed E-state index contributed by atoms with van der Waals surface area (Å²) in [7, 11) is 0. The van der Waals surface area contributed by atoms with E-state index in [0.717, 1.165) is 64.2 Å². The molecule has 1 atom stereocenters. The Balaban J connectivity index is 4.09. The molecule has 0 rings (SSSR count). The molecule has 0 spiro atoms. The van der Waals surface area contributed by atoms with Crippen molar-refractivity contribution in [3.63, 3.8) is 0 Å². The topological polar surface area (TPSA) is 78.9 Å². The molecule has 79 heavy (non-hydrogen) atoms. The second kappa shape index (κ2) is 68.4. The number of ether oxygens (including phenoxy) is 3. The van der Waals surface area contributed by atoms with Gasteiger partial charge in [0.1, 0.15) is 13.2 Å². The largest absolute Gasteiger partial charge is 0.462 e. The fourth-order valence-corrected chi connectivity index (χ4v) is 11.1. The summed E-state index contributed by atoms with van der Waals surface area (Å²) < 4.78 is 17.0. The summed E-state index contributed by atoms with van der Waals surface area (Å²) in [5.41, 5.74) is 0. The number of esters is 3. The summed E-state index contributed by atoms with van der Waals surface area (Å²) in [6, 6.07) is 0. The number of rotatable bonds is 67. The predicted molar refractivity (Wildman–Crippen MR) is 344 cm³/mol. The van der Waals surface area contributed by atoms with E-state index in [1.54, 1.807) is 0 Å². The maximum absolute atomic E-state index is 12.9. The average Bonchev–Trinajstić information content (AvgIpc) is 3.45. The molecule has 0 aliphatic carbocycles. The molecule has 0 N–H and O–H groups in total. The van der Waals surface area contributed by atoms with Crippen LogP contribution in [0.5, 0.6) is 0 Å². The zero-order valence-corrected chi connectivity index (χ0v) is 53.7. The zero-order valence-electron chi connectivity index (χ0n) is 53.7. The van der Waals surface area contributed by atoms with Gasteiger partial charge in [-0.15, -0.1) is 0 Å². The summed E-state index contributed by atoms with van der Waals surface area (Å²) in [5, 5.41) is 0. The Kier molecular flexibility index (Phi) is 66.6. The molecule has 6 nitrogen and oxygen atoms in total. The van der Waals surface area contributed by atoms with E-state index >= 15 is 0 Å². The highest BCUT2D eigenvalue weighted by atomic mass is 16.6. The van der Waals surface area contributed by atoms with E-state index in [2.05, 4.69) is 45.1 Å². The zero-order chi connectivity index (χ0) is 57.1. The van der Waals surface area contributed by atoms with E-state index < -0.39 is 6.10 Å². The second-order valence-corrected chi connectivity index (χ2v) is 24.5. The third kappa shape index (κ3) is 66.6. The number of hydrogen-bond acceptors (Lipinski definition) is 6. The second-order valence-electron chi connectivity index (χ2n) is 24.5. The fraction of sp³-hybridized carbons (Fsp3) is 0.904. The van der Waals surface area contributed by atoms with Gasteiger partial charge in [0, 0.05) is 19.3 Å². The Labute approximate surface area is 493 Å². The van der Waals surface area contributed by atoms with Gasteiger partial charge in [0.25, 0.3) is 0 Å². The Morgan fingerprint density at radius 2 is 0.456 bits per heavy atom. The van der Waals surface area contributed by atoms with Crippen LogP contribution in [-0.4, -0.2) is 37.2 Å². The third-order valence-electron chi connectivity index (χ3n) is 16.5. The molecule has 466 valence electrons. The molecule has 1 unspecified atom stereocenters. The van der Waals surface area contributed by atoms with E-state index in [1.165, 1.54) is 302 Å². The molecule has 0 bridgehead atoms. The molecule has 0 saturated carbocycles. The molecular formula is C73H138O6. The van der Waals surface area contributed by atoms with Crippen LogP contribution in [0.2, 0.25) is 0 Å². The van der Waals surface area contributed by atoms with Gasteiger partial charge in [-0.2, -0.15) is 0 Å². The summed E-state index contributed by atoms with van der Waals surface area (Å²) in [5.74, 6) is -0.843. The Hall–Kier alpha value is -2.11. The van der Waals surface area contributed by atoms with Gasteiger partial charge in [-0.3, -0.25) is 14.4 Å². The van der Waals surface area contributed by atoms with Crippen LogP contribution in [0, 0.1) is 0 Å². The van der Waals surface area contributed by atoms with E-state index in [0.29, 0.717) is 19.3 Å². The molecule has 0 aliphatic heterocycles. The maximum atomic E-state index is 12.9. The van der Waals surface area contributed by atoms with Crippen LogP contribution in [0.1, 0.15) is 406 Å². The number of hydrogen-bond donors (Lipinski definition) is 0. The lowest BCUT2D eigenvalue weighted by Crippen LogP contribution is -2.30. The summed E-state index contributed by atoms with van der Waals surface area (Å²) >= 11 is 0. The van der Waals surface area contributed by atoms with E-state index in [9.17, 15) is 14.4 Å². The minimum absolute atomic E-state index is 0.0668. The Morgan fingerprint density at radius 3 is 0.696 bits per heavy atom. The van der Waals surface area contributed by atoms with Gasteiger partial charge in [-0.1, -0.05) is 360 Å². The smallest absolute Gasteiger partial charge is 0.306 e. The molecule has 0 amide bonds. The highest BCUT2D eigenvalue weighted by Crippen LogP contribution is 2.19. The van der Waals surface area contributed by atoms with Crippen LogP contribution in [-0.2, 0) is 28.6 Å². The van der Waals surface area contributed by atoms with Crippen LogP contribution in [0.25, 0.3) is 0 Å². The van der Waals surface area contributed by atoms with Crippen molar-refractivity contribution in [3.05, 3.63) is 24.3 Å². The van der Waals surface area contributed by atoms with Crippen molar-refractivity contribution >= 4 is 17.9 Å². The molecule has 0 aromatic heterocycles. The van der Waals surface area contributed by atoms with Crippen molar-refractivity contribution in [3.8, 4) is 0 Å². The molecular weight excluding hydrogens is 973 g/mol. The van der Waals surface area contributed by atoms with Crippen molar-refractivity contribution in [2.24, 2.45) is 0 Å². The van der Waals surface area contributed by atoms with Crippen molar-refractivity contribution < 1.29 is 28.6 Å². The summed E-state index contributed by atoms with van der Waals surface area (Å²) in [6.45, 7) is 6.69. The minimum Gasteiger partial charge on any atom is -0.462 e. The summed E-state index contributed by atoms with van der Waals surface area (Å²) in [6.07, 6.45) is 83.7. The van der Waals surface area contributed by atoms with Gasteiger partial charge in [0.05, 0.1) is 0 Å². The normalized spacial score (nSPS) is 12.1. The number of carbonyl (C=O) groups is 3. The lowest BCUT2D eigenvalue weighted by molar-refractivity contribution is -0.167. The number of unbranched alkanes of at least 4 members (excludes halogenated alkanes) is 52. The maximum Gasteiger partial charge on any atom is 0.306 e. The predicted octanol–water partition coefficient (Wildman–Crippen LogP) is 24.6. The van der Waals surface area contributed by atoms with Gasteiger partial charge in [-0.25, -0.2) is 0 Å².